The molecule has 4 aromatic carbocycles. The Morgan fingerprint density at radius 2 is 1.64 bits per heavy atom. The van der Waals surface area contributed by atoms with E-state index in [0.717, 1.165) is 22.3 Å². The van der Waals surface area contributed by atoms with E-state index in [1.54, 1.807) is 31.0 Å². The van der Waals surface area contributed by atoms with Crippen molar-refractivity contribution in [2.75, 3.05) is 31.4 Å². The van der Waals surface area contributed by atoms with Gasteiger partial charge in [-0.1, -0.05) is 60.7 Å². The first-order chi connectivity index (χ1) is 22.0. The van der Waals surface area contributed by atoms with E-state index in [2.05, 4.69) is 5.32 Å². The van der Waals surface area contributed by atoms with Gasteiger partial charge >= 0.3 is 0 Å². The molecule has 6 rings (SSSR count). The average Bonchev–Trinajstić information content (AvgIpc) is 3.41. The fourth-order valence-corrected chi connectivity index (χ4v) is 6.59. The minimum atomic E-state index is -0.358. The Morgan fingerprint density at radius 1 is 0.933 bits per heavy atom. The predicted octanol–water partition coefficient (Wildman–Crippen LogP) is 6.18. The maximum atomic E-state index is 14.0. The van der Waals surface area contributed by atoms with Crippen molar-refractivity contribution in [3.8, 4) is 28.4 Å². The monoisotopic (exact) mass is 622 g/mol. The third kappa shape index (κ3) is 6.28. The van der Waals surface area contributed by atoms with Crippen LogP contribution in [0.3, 0.4) is 0 Å². The predicted molar refractivity (Wildman–Crippen MR) is 173 cm³/mol. The number of ether oxygens (including phenoxy) is 2. The highest BCUT2D eigenvalue weighted by molar-refractivity contribution is 8.00. The molecule has 8 nitrogen and oxygen atoms in total. The van der Waals surface area contributed by atoms with E-state index in [9.17, 15) is 14.0 Å². The molecule has 0 radical (unpaired) electrons. The van der Waals surface area contributed by atoms with Crippen molar-refractivity contribution in [2.24, 2.45) is 0 Å². The van der Waals surface area contributed by atoms with Gasteiger partial charge in [0, 0.05) is 23.2 Å². The fourth-order valence-electron chi connectivity index (χ4n) is 5.36. The van der Waals surface area contributed by atoms with Crippen molar-refractivity contribution < 1.29 is 23.5 Å². The lowest BCUT2D eigenvalue weighted by Gasteiger charge is -2.23. The van der Waals surface area contributed by atoms with Gasteiger partial charge in [-0.05, 0) is 48.0 Å². The fraction of sp³-hybridized carbons (Fsp3) is 0.171. The summed E-state index contributed by atoms with van der Waals surface area (Å²) in [6.45, 7) is -0.0398. The van der Waals surface area contributed by atoms with E-state index in [-0.39, 0.29) is 41.7 Å². The molecule has 1 atom stereocenters. The number of nitrogens with one attached hydrogen (secondary N) is 1. The van der Waals surface area contributed by atoms with Crippen LogP contribution in [0, 0.1) is 5.82 Å². The van der Waals surface area contributed by atoms with Gasteiger partial charge in [0.1, 0.15) is 29.7 Å². The molecule has 1 aromatic heterocycles. The molecule has 0 spiro atoms. The molecule has 0 bridgehead atoms. The van der Waals surface area contributed by atoms with Crippen LogP contribution in [-0.4, -0.2) is 48.1 Å². The number of amides is 2. The summed E-state index contributed by atoms with van der Waals surface area (Å²) in [4.78, 5) is 28.9. The number of fused-ring (bicyclic) bond motifs is 1. The van der Waals surface area contributed by atoms with Gasteiger partial charge in [0.25, 0.3) is 0 Å². The van der Waals surface area contributed by atoms with Crippen molar-refractivity contribution in [3.63, 3.8) is 0 Å². The molecule has 0 saturated heterocycles. The Kier molecular flexibility index (Phi) is 8.84. The number of methoxy groups -OCH3 is 2. The summed E-state index contributed by atoms with van der Waals surface area (Å²) < 4.78 is 26.3. The van der Waals surface area contributed by atoms with Crippen molar-refractivity contribution in [1.82, 2.24) is 15.1 Å². The van der Waals surface area contributed by atoms with Crippen LogP contribution in [0.2, 0.25) is 0 Å². The lowest BCUT2D eigenvalue weighted by atomic mass is 9.99. The van der Waals surface area contributed by atoms with E-state index in [1.165, 1.54) is 28.8 Å². The first-order valence-corrected chi connectivity index (χ1v) is 15.4. The lowest BCUT2D eigenvalue weighted by Crippen LogP contribution is -2.42. The van der Waals surface area contributed by atoms with E-state index in [1.807, 2.05) is 78.9 Å². The number of para-hydroxylation sites is 1. The highest BCUT2D eigenvalue weighted by atomic mass is 32.2. The Hall–Kier alpha value is -5.09. The first kappa shape index (κ1) is 30.0. The normalized spacial score (nSPS) is 14.4. The number of carbonyl (C=O) groups excluding carboxylic acids is 2. The van der Waals surface area contributed by atoms with E-state index >= 15 is 0 Å². The topological polar surface area (TPSA) is 85.7 Å². The molecular formula is C35H31FN4O4S. The van der Waals surface area contributed by atoms with E-state index in [0.29, 0.717) is 28.7 Å². The molecule has 0 fully saturated rings. The summed E-state index contributed by atoms with van der Waals surface area (Å²) in [5.41, 5.74) is 4.70. The molecular weight excluding hydrogens is 591 g/mol. The Labute approximate surface area is 264 Å². The van der Waals surface area contributed by atoms with Crippen LogP contribution in [-0.2, 0) is 16.1 Å². The maximum absolute atomic E-state index is 14.0. The zero-order chi connectivity index (χ0) is 31.3. The van der Waals surface area contributed by atoms with Crippen molar-refractivity contribution in [1.29, 1.82) is 0 Å². The molecule has 228 valence electrons. The number of rotatable bonds is 9. The number of nitrogens with zero attached hydrogens (tertiary/aromatic N) is 3. The molecule has 1 N–H and O–H groups in total. The quantitative estimate of drug-likeness (QED) is 0.211. The highest BCUT2D eigenvalue weighted by Gasteiger charge is 2.38. The number of hydrogen-bond acceptors (Lipinski definition) is 6. The summed E-state index contributed by atoms with van der Waals surface area (Å²) in [6.07, 6.45) is 0. The van der Waals surface area contributed by atoms with Gasteiger partial charge in [-0.25, -0.2) is 9.07 Å². The van der Waals surface area contributed by atoms with Crippen LogP contribution in [0.5, 0.6) is 11.5 Å². The van der Waals surface area contributed by atoms with Gasteiger partial charge in [0.15, 0.2) is 0 Å². The van der Waals surface area contributed by atoms with Gasteiger partial charge in [-0.3, -0.25) is 14.5 Å². The third-order valence-corrected chi connectivity index (χ3v) is 8.82. The third-order valence-electron chi connectivity index (χ3n) is 7.58. The summed E-state index contributed by atoms with van der Waals surface area (Å²) in [5.74, 6) is 1.05. The molecule has 0 unspecified atom stereocenters. The molecule has 1 aliphatic rings. The molecule has 45 heavy (non-hydrogen) atoms. The van der Waals surface area contributed by atoms with E-state index in [4.69, 9.17) is 14.6 Å². The molecule has 0 saturated carbocycles. The molecule has 0 aliphatic carbocycles. The van der Waals surface area contributed by atoms with Crippen LogP contribution >= 0.6 is 11.8 Å². The zero-order valence-corrected chi connectivity index (χ0v) is 25.6. The second kappa shape index (κ2) is 13.3. The number of aromatic nitrogens is 2. The highest BCUT2D eigenvalue weighted by Crippen LogP contribution is 2.50. The Bertz CT molecular complexity index is 1810. The minimum Gasteiger partial charge on any atom is -0.497 e. The molecule has 1 aliphatic heterocycles. The number of hydrogen-bond donors (Lipinski definition) is 1. The van der Waals surface area contributed by atoms with Crippen molar-refractivity contribution in [2.45, 2.75) is 11.8 Å². The average molecular weight is 623 g/mol. The first-order valence-electron chi connectivity index (χ1n) is 14.4. The molecule has 5 aromatic rings. The second-order valence-electron chi connectivity index (χ2n) is 10.4. The molecule has 2 amide bonds. The van der Waals surface area contributed by atoms with Crippen LogP contribution in [0.4, 0.5) is 10.2 Å². The largest absolute Gasteiger partial charge is 0.497 e. The van der Waals surface area contributed by atoms with Gasteiger partial charge in [0.05, 0.1) is 36.6 Å². The van der Waals surface area contributed by atoms with Gasteiger partial charge in [-0.15, -0.1) is 11.8 Å². The maximum Gasteiger partial charge on any atom is 0.240 e. The molecule has 10 heteroatoms. The van der Waals surface area contributed by atoms with Gasteiger partial charge < -0.3 is 14.8 Å². The van der Waals surface area contributed by atoms with Gasteiger partial charge in [0.2, 0.25) is 11.8 Å². The van der Waals surface area contributed by atoms with E-state index < -0.39 is 0 Å². The minimum absolute atomic E-state index is 0.124. The Morgan fingerprint density at radius 3 is 2.36 bits per heavy atom. The number of halogens is 1. The second-order valence-corrected chi connectivity index (χ2v) is 11.5. The van der Waals surface area contributed by atoms with Crippen molar-refractivity contribution >= 4 is 29.4 Å². The number of thioether (sulfide) groups is 1. The van der Waals surface area contributed by atoms with Gasteiger partial charge in [-0.2, -0.15) is 5.10 Å². The summed E-state index contributed by atoms with van der Waals surface area (Å²) in [6, 6.07) is 30.9. The number of benzene rings is 4. The smallest absolute Gasteiger partial charge is 0.240 e. The van der Waals surface area contributed by atoms with Crippen LogP contribution in [0.25, 0.3) is 16.9 Å². The summed E-state index contributed by atoms with van der Waals surface area (Å²) in [5, 5.41) is 7.66. The van der Waals surface area contributed by atoms with Crippen LogP contribution in [0.15, 0.2) is 103 Å². The summed E-state index contributed by atoms with van der Waals surface area (Å²) in [7, 11) is 3.23. The molecule has 2 heterocycles. The SMILES string of the molecule is COc1ccc(-n2nc(-c3ccccc3)c3c2N(CC(=O)NCc2ccc(F)cc2)C(=O)CS[C@H]3c2ccccc2OC)cc1. The standard InChI is InChI=1S/C35H31FN4O4S/c1-43-27-18-16-26(17-19-27)40-35-32(33(38-40)24-8-4-3-5-9-24)34(28-10-6-7-11-29(28)44-2)45-22-31(42)39(35)21-30(41)37-20-23-12-14-25(36)15-13-23/h3-19,34H,20-22H2,1-2H3,(H,37,41)/t34-/m0/s1. The van der Waals surface area contributed by atoms with Crippen LogP contribution < -0.4 is 19.7 Å². The Balaban J connectivity index is 1.51. The number of carbonyl (C=O) groups is 2. The number of anilines is 1. The van der Waals surface area contributed by atoms with Crippen molar-refractivity contribution in [3.05, 3.63) is 126 Å². The zero-order valence-electron chi connectivity index (χ0n) is 24.8. The van der Waals surface area contributed by atoms with Crippen LogP contribution in [0.1, 0.15) is 21.9 Å². The summed E-state index contributed by atoms with van der Waals surface area (Å²) >= 11 is 1.47. The lowest BCUT2D eigenvalue weighted by molar-refractivity contribution is -0.123.